The highest BCUT2D eigenvalue weighted by Gasteiger charge is 2.27. The summed E-state index contributed by atoms with van der Waals surface area (Å²) in [6, 6.07) is 25.9. The van der Waals surface area contributed by atoms with Crippen molar-refractivity contribution in [2.24, 2.45) is 0 Å². The molecule has 0 fully saturated rings. The normalized spacial score (nSPS) is 11.6. The second-order valence-electron chi connectivity index (χ2n) is 8.48. The number of likely N-dealkylation sites (N-methyl/N-ethyl adjacent to an activating group) is 1. The third kappa shape index (κ3) is 7.13. The van der Waals surface area contributed by atoms with Gasteiger partial charge in [0.1, 0.15) is 17.5 Å². The molecule has 7 heteroatoms. The van der Waals surface area contributed by atoms with E-state index in [0.717, 1.165) is 16.9 Å². The second-order valence-corrected chi connectivity index (χ2v) is 8.48. The van der Waals surface area contributed by atoms with Gasteiger partial charge in [-0.2, -0.15) is 0 Å². The molecule has 1 atom stereocenters. The van der Waals surface area contributed by atoms with Crippen LogP contribution in [-0.4, -0.2) is 46.3 Å². The first-order valence-corrected chi connectivity index (χ1v) is 11.8. The number of ether oxygens (including phenoxy) is 2. The summed E-state index contributed by atoms with van der Waals surface area (Å²) in [7, 11) is 1.64. The van der Waals surface area contributed by atoms with Gasteiger partial charge in [-0.3, -0.25) is 9.59 Å². The number of aromatic nitrogens is 2. The van der Waals surface area contributed by atoms with Crippen molar-refractivity contribution in [2.45, 2.75) is 25.5 Å². The van der Waals surface area contributed by atoms with E-state index in [1.807, 2.05) is 84.9 Å². The van der Waals surface area contributed by atoms with Gasteiger partial charge in [-0.1, -0.05) is 60.7 Å². The summed E-state index contributed by atoms with van der Waals surface area (Å²) in [6.07, 6.45) is 3.43. The number of aromatic amines is 1. The van der Waals surface area contributed by atoms with Crippen LogP contribution in [0.15, 0.2) is 97.5 Å². The Morgan fingerprint density at radius 1 is 0.861 bits per heavy atom. The fourth-order valence-corrected chi connectivity index (χ4v) is 3.75. The summed E-state index contributed by atoms with van der Waals surface area (Å²) in [5.41, 5.74) is 2.53. The minimum Gasteiger partial charge on any atom is -0.457 e. The van der Waals surface area contributed by atoms with Crippen LogP contribution in [0.3, 0.4) is 0 Å². The number of imidazole rings is 1. The lowest BCUT2D eigenvalue weighted by atomic mass is 10.0. The summed E-state index contributed by atoms with van der Waals surface area (Å²) in [5.74, 6) is 1.15. The Hall–Kier alpha value is -4.23. The quantitative estimate of drug-likeness (QED) is 0.318. The van der Waals surface area contributed by atoms with Crippen LogP contribution in [0.1, 0.15) is 16.8 Å². The predicted molar refractivity (Wildman–Crippen MR) is 137 cm³/mol. The third-order valence-electron chi connectivity index (χ3n) is 5.80. The van der Waals surface area contributed by atoms with Gasteiger partial charge in [0.25, 0.3) is 0 Å². The molecule has 0 radical (unpaired) electrons. The Kier molecular flexibility index (Phi) is 8.62. The minimum atomic E-state index is -0.718. The molecule has 0 aliphatic rings. The topological polar surface area (TPSA) is 84.5 Å². The van der Waals surface area contributed by atoms with E-state index in [1.54, 1.807) is 13.2 Å². The maximum atomic E-state index is 13.4. The van der Waals surface area contributed by atoms with Crippen molar-refractivity contribution in [1.29, 1.82) is 0 Å². The highest BCUT2D eigenvalue weighted by atomic mass is 16.5. The van der Waals surface area contributed by atoms with Crippen LogP contribution in [0.4, 0.5) is 0 Å². The van der Waals surface area contributed by atoms with Crippen LogP contribution in [0.2, 0.25) is 0 Å². The van der Waals surface area contributed by atoms with Crippen LogP contribution >= 0.6 is 0 Å². The number of benzene rings is 3. The first-order valence-electron chi connectivity index (χ1n) is 11.8. The zero-order valence-electron chi connectivity index (χ0n) is 20.2. The van der Waals surface area contributed by atoms with Crippen molar-refractivity contribution in [3.8, 4) is 11.5 Å². The maximum absolute atomic E-state index is 13.4. The molecule has 4 aromatic rings. The van der Waals surface area contributed by atoms with Crippen molar-refractivity contribution in [3.63, 3.8) is 0 Å². The van der Waals surface area contributed by atoms with Gasteiger partial charge in [0.15, 0.2) is 5.78 Å². The Morgan fingerprint density at radius 3 is 2.19 bits per heavy atom. The molecule has 0 aliphatic carbocycles. The van der Waals surface area contributed by atoms with Gasteiger partial charge in [-0.05, 0) is 35.4 Å². The lowest BCUT2D eigenvalue weighted by Crippen LogP contribution is -2.46. The second kappa shape index (κ2) is 12.5. The van der Waals surface area contributed by atoms with Crippen molar-refractivity contribution >= 4 is 11.7 Å². The molecular weight excluding hydrogens is 454 g/mol. The first-order chi connectivity index (χ1) is 17.6. The van der Waals surface area contributed by atoms with Gasteiger partial charge in [0, 0.05) is 25.4 Å². The molecule has 0 bridgehead atoms. The summed E-state index contributed by atoms with van der Waals surface area (Å²) < 4.78 is 11.7. The van der Waals surface area contributed by atoms with Crippen LogP contribution < -0.4 is 4.74 Å². The number of rotatable bonds is 12. The SMILES string of the molecule is CN(C(=O)Cc1cnc[nH]1)[C@@H](COCc1ccccc1)C(=O)Cc1ccc(Oc2ccccc2)cc1. The molecule has 184 valence electrons. The number of para-hydroxylation sites is 1. The molecule has 7 nitrogen and oxygen atoms in total. The van der Waals surface area contributed by atoms with E-state index >= 15 is 0 Å². The fourth-order valence-electron chi connectivity index (χ4n) is 3.75. The van der Waals surface area contributed by atoms with Crippen molar-refractivity contribution in [3.05, 3.63) is 114 Å². The Balaban J connectivity index is 1.41. The lowest BCUT2D eigenvalue weighted by molar-refractivity contribution is -0.139. The number of hydrogen-bond donors (Lipinski definition) is 1. The number of amides is 1. The first kappa shape index (κ1) is 24.9. The Labute approximate surface area is 210 Å². The molecule has 4 rings (SSSR count). The van der Waals surface area contributed by atoms with Gasteiger partial charge >= 0.3 is 0 Å². The van der Waals surface area contributed by atoms with E-state index in [-0.39, 0.29) is 31.1 Å². The number of nitrogens with one attached hydrogen (secondary N) is 1. The highest BCUT2D eigenvalue weighted by molar-refractivity contribution is 5.91. The van der Waals surface area contributed by atoms with Gasteiger partial charge < -0.3 is 19.4 Å². The van der Waals surface area contributed by atoms with Crippen LogP contribution in [-0.2, 0) is 33.8 Å². The average molecular weight is 484 g/mol. The molecule has 3 aromatic carbocycles. The van der Waals surface area contributed by atoms with Crippen LogP contribution in [0.5, 0.6) is 11.5 Å². The van der Waals surface area contributed by atoms with Crippen LogP contribution in [0, 0.1) is 0 Å². The Morgan fingerprint density at radius 2 is 1.53 bits per heavy atom. The van der Waals surface area contributed by atoms with Gasteiger partial charge in [0.05, 0.1) is 26.0 Å². The molecule has 0 unspecified atom stereocenters. The van der Waals surface area contributed by atoms with Crippen molar-refractivity contribution in [1.82, 2.24) is 14.9 Å². The number of H-pyrrole nitrogens is 1. The minimum absolute atomic E-state index is 0.0970. The zero-order chi connectivity index (χ0) is 25.2. The molecule has 1 aromatic heterocycles. The molecule has 1 N–H and O–H groups in total. The smallest absolute Gasteiger partial charge is 0.228 e. The van der Waals surface area contributed by atoms with Gasteiger partial charge in [-0.15, -0.1) is 0 Å². The average Bonchev–Trinajstić information content (AvgIpc) is 3.41. The molecule has 36 heavy (non-hydrogen) atoms. The van der Waals surface area contributed by atoms with Crippen molar-refractivity contribution in [2.75, 3.05) is 13.7 Å². The number of hydrogen-bond acceptors (Lipinski definition) is 5. The molecule has 1 heterocycles. The third-order valence-corrected chi connectivity index (χ3v) is 5.80. The molecule has 1 amide bonds. The summed E-state index contributed by atoms with van der Waals surface area (Å²) in [6.45, 7) is 0.465. The zero-order valence-corrected chi connectivity index (χ0v) is 20.2. The van der Waals surface area contributed by atoms with Crippen LogP contribution in [0.25, 0.3) is 0 Å². The van der Waals surface area contributed by atoms with E-state index in [2.05, 4.69) is 9.97 Å². The van der Waals surface area contributed by atoms with Crippen molar-refractivity contribution < 1.29 is 19.1 Å². The Bertz CT molecular complexity index is 1230. The highest BCUT2D eigenvalue weighted by Crippen LogP contribution is 2.21. The molecule has 0 spiro atoms. The molecule has 0 saturated carbocycles. The number of Topliss-reactive ketones (excluding diaryl/α,β-unsaturated/α-hetero) is 1. The molecular formula is C29H29N3O4. The van der Waals surface area contributed by atoms with E-state index < -0.39 is 6.04 Å². The van der Waals surface area contributed by atoms with E-state index in [1.165, 1.54) is 11.2 Å². The monoisotopic (exact) mass is 483 g/mol. The van der Waals surface area contributed by atoms with Gasteiger partial charge in [-0.25, -0.2) is 4.98 Å². The standard InChI is InChI=1S/C29H29N3O4/c1-32(29(34)17-24-18-30-21-31-24)27(20-35-19-23-8-4-2-5-9-23)28(33)16-22-12-14-26(15-13-22)36-25-10-6-3-7-11-25/h2-15,18,21,27H,16-17,19-20H2,1H3,(H,30,31)/t27-/m0/s1. The number of carbonyl (C=O) groups excluding carboxylic acids is 2. The summed E-state index contributed by atoms with van der Waals surface area (Å²) >= 11 is 0. The number of ketones is 1. The molecule has 0 saturated heterocycles. The van der Waals surface area contributed by atoms with E-state index in [4.69, 9.17) is 9.47 Å². The number of nitrogens with zero attached hydrogens (tertiary/aromatic N) is 2. The summed E-state index contributed by atoms with van der Waals surface area (Å²) in [5, 5.41) is 0. The van der Waals surface area contributed by atoms with E-state index in [9.17, 15) is 9.59 Å². The van der Waals surface area contributed by atoms with Gasteiger partial charge in [0.2, 0.25) is 5.91 Å². The largest absolute Gasteiger partial charge is 0.457 e. The predicted octanol–water partition coefficient (Wildman–Crippen LogP) is 4.60. The lowest BCUT2D eigenvalue weighted by Gasteiger charge is -2.27. The summed E-state index contributed by atoms with van der Waals surface area (Å²) in [4.78, 5) is 34.6. The number of carbonyl (C=O) groups is 2. The maximum Gasteiger partial charge on any atom is 0.228 e. The fraction of sp³-hybridized carbons (Fsp3) is 0.207. The molecule has 0 aliphatic heterocycles. The van der Waals surface area contributed by atoms with E-state index in [0.29, 0.717) is 18.1 Å².